The molecule has 1 amide bonds. The molecular weight excluding hydrogens is 343 g/mol. The molecule has 0 spiro atoms. The van der Waals surface area contributed by atoms with Gasteiger partial charge in [0.25, 0.3) is 0 Å². The monoisotopic (exact) mass is 370 g/mol. The summed E-state index contributed by atoms with van der Waals surface area (Å²) in [6.45, 7) is 3.81. The van der Waals surface area contributed by atoms with E-state index in [0.29, 0.717) is 12.8 Å². The van der Waals surface area contributed by atoms with Crippen molar-refractivity contribution in [1.82, 2.24) is 10.6 Å². The van der Waals surface area contributed by atoms with Gasteiger partial charge in [0.1, 0.15) is 0 Å². The van der Waals surface area contributed by atoms with Gasteiger partial charge in [-0.2, -0.15) is 0 Å². The predicted octanol–water partition coefficient (Wildman–Crippen LogP) is 1.08. The zero-order valence-corrected chi connectivity index (χ0v) is 16.0. The molecule has 0 aromatic heterocycles. The van der Waals surface area contributed by atoms with E-state index in [4.69, 9.17) is 0 Å². The lowest BCUT2D eigenvalue weighted by Gasteiger charge is -2.23. The van der Waals surface area contributed by atoms with Crippen LogP contribution in [0.2, 0.25) is 0 Å². The lowest BCUT2D eigenvalue weighted by Crippen LogP contribution is -2.53. The molecule has 4 N–H and O–H groups in total. The van der Waals surface area contributed by atoms with Crippen molar-refractivity contribution in [3.63, 3.8) is 0 Å². The van der Waals surface area contributed by atoms with Gasteiger partial charge in [0, 0.05) is 0 Å². The average Bonchev–Trinajstić information content (AvgIpc) is 2.64. The van der Waals surface area contributed by atoms with Crippen LogP contribution in [0.25, 0.3) is 10.8 Å². The topological polar surface area (TPSA) is 98.7 Å². The quantitative estimate of drug-likeness (QED) is 0.495. The van der Waals surface area contributed by atoms with Crippen molar-refractivity contribution < 1.29 is 19.6 Å². The Labute approximate surface area is 160 Å². The smallest absolute Gasteiger partial charge is 0.421 e. The van der Waals surface area contributed by atoms with Crippen LogP contribution < -0.4 is 10.6 Å². The summed E-state index contributed by atoms with van der Waals surface area (Å²) in [5.74, 6) is -0.228. The SMILES string of the molecule is CN[C@@H](Cc1cccc2ccccc12)C(=O)N[C@@H](CC(C)C)C(=O)B(O)O. The second kappa shape index (κ2) is 9.64. The van der Waals surface area contributed by atoms with Crippen LogP contribution in [-0.2, 0) is 16.0 Å². The maximum Gasteiger partial charge on any atom is 0.529 e. The van der Waals surface area contributed by atoms with E-state index in [1.165, 1.54) is 0 Å². The van der Waals surface area contributed by atoms with Gasteiger partial charge in [0.2, 0.25) is 5.91 Å². The third-order valence-electron chi connectivity index (χ3n) is 4.59. The Morgan fingerprint density at radius 3 is 2.33 bits per heavy atom. The number of rotatable bonds is 9. The molecule has 144 valence electrons. The van der Waals surface area contributed by atoms with E-state index in [1.54, 1.807) is 7.05 Å². The molecule has 6 nitrogen and oxygen atoms in total. The second-order valence-electron chi connectivity index (χ2n) is 7.15. The molecular formula is C20H27BN2O4. The number of benzene rings is 2. The van der Waals surface area contributed by atoms with Crippen LogP contribution in [0.5, 0.6) is 0 Å². The van der Waals surface area contributed by atoms with Crippen molar-refractivity contribution in [3.05, 3.63) is 48.0 Å². The zero-order chi connectivity index (χ0) is 20.0. The minimum atomic E-state index is -2.10. The Hall–Kier alpha value is -2.22. The molecule has 2 rings (SSSR count). The van der Waals surface area contributed by atoms with Gasteiger partial charge in [-0.3, -0.25) is 4.79 Å². The molecule has 0 bridgehead atoms. The van der Waals surface area contributed by atoms with E-state index >= 15 is 0 Å². The van der Waals surface area contributed by atoms with Crippen molar-refractivity contribution in [2.24, 2.45) is 5.92 Å². The van der Waals surface area contributed by atoms with Crippen molar-refractivity contribution in [2.45, 2.75) is 38.8 Å². The van der Waals surface area contributed by atoms with Crippen LogP contribution in [0.3, 0.4) is 0 Å². The first kappa shape index (κ1) is 21.1. The summed E-state index contributed by atoms with van der Waals surface area (Å²) in [4.78, 5) is 24.8. The standard InChI is InChI=1S/C20H27BN2O4/c1-13(2)11-17(19(24)21(26)27)23-20(25)18(22-3)12-15-9-6-8-14-7-4-5-10-16(14)15/h4-10,13,17-18,22,26-27H,11-12H2,1-3H3,(H,23,25)/t17-,18-/m0/s1. The number of likely N-dealkylation sites (N-methyl/N-ethyl adjacent to an activating group) is 1. The summed E-state index contributed by atoms with van der Waals surface area (Å²) in [5.41, 5.74) is 0.230. The molecule has 0 aliphatic rings. The number of hydrogen-bond acceptors (Lipinski definition) is 5. The van der Waals surface area contributed by atoms with Crippen LogP contribution in [0.15, 0.2) is 42.5 Å². The van der Waals surface area contributed by atoms with Gasteiger partial charge in [0.05, 0.1) is 12.1 Å². The Balaban J connectivity index is 2.17. The highest BCUT2D eigenvalue weighted by molar-refractivity contribution is 6.79. The van der Waals surface area contributed by atoms with Crippen LogP contribution in [0.4, 0.5) is 0 Å². The van der Waals surface area contributed by atoms with E-state index in [1.807, 2.05) is 56.3 Å². The molecule has 0 unspecified atom stereocenters. The van der Waals surface area contributed by atoms with Crippen LogP contribution in [0, 0.1) is 5.92 Å². The Morgan fingerprint density at radius 1 is 1.04 bits per heavy atom. The highest BCUT2D eigenvalue weighted by atomic mass is 16.4. The third-order valence-corrected chi connectivity index (χ3v) is 4.59. The highest BCUT2D eigenvalue weighted by Gasteiger charge is 2.32. The first-order valence-corrected chi connectivity index (χ1v) is 9.17. The fraction of sp³-hybridized carbons (Fsp3) is 0.400. The van der Waals surface area contributed by atoms with Crippen LogP contribution in [-0.4, -0.2) is 47.9 Å². The molecule has 0 fully saturated rings. The van der Waals surface area contributed by atoms with E-state index in [0.717, 1.165) is 16.3 Å². The largest absolute Gasteiger partial charge is 0.529 e. The number of hydrogen-bond donors (Lipinski definition) is 4. The minimum absolute atomic E-state index is 0.115. The number of carbonyl (C=O) groups excluding carboxylic acids is 2. The van der Waals surface area contributed by atoms with E-state index in [9.17, 15) is 19.6 Å². The second-order valence-corrected chi connectivity index (χ2v) is 7.15. The third kappa shape index (κ3) is 5.63. The number of fused-ring (bicyclic) bond motifs is 1. The van der Waals surface area contributed by atoms with Gasteiger partial charge in [0.15, 0.2) is 5.68 Å². The normalized spacial score (nSPS) is 13.4. The molecule has 2 aromatic carbocycles. The average molecular weight is 370 g/mol. The molecule has 0 saturated heterocycles. The van der Waals surface area contributed by atoms with Gasteiger partial charge < -0.3 is 25.5 Å². The van der Waals surface area contributed by atoms with E-state index in [-0.39, 0.29) is 11.8 Å². The lowest BCUT2D eigenvalue weighted by atomic mass is 9.77. The first-order chi connectivity index (χ1) is 12.8. The van der Waals surface area contributed by atoms with Crippen molar-refractivity contribution in [1.29, 1.82) is 0 Å². The summed E-state index contributed by atoms with van der Waals surface area (Å²) in [7, 11) is -0.407. The first-order valence-electron chi connectivity index (χ1n) is 9.17. The molecule has 0 heterocycles. The molecule has 7 heteroatoms. The molecule has 0 radical (unpaired) electrons. The molecule has 2 atom stereocenters. The van der Waals surface area contributed by atoms with E-state index < -0.39 is 24.9 Å². The maximum absolute atomic E-state index is 12.7. The van der Waals surface area contributed by atoms with E-state index in [2.05, 4.69) is 10.6 Å². The molecule has 0 aliphatic heterocycles. The number of nitrogens with one attached hydrogen (secondary N) is 2. The van der Waals surface area contributed by atoms with Gasteiger partial charge >= 0.3 is 7.12 Å². The number of amides is 1. The van der Waals surface area contributed by atoms with Crippen molar-refractivity contribution in [3.8, 4) is 0 Å². The van der Waals surface area contributed by atoms with Crippen LogP contribution in [0.1, 0.15) is 25.8 Å². The highest BCUT2D eigenvalue weighted by Crippen LogP contribution is 2.20. The Bertz CT molecular complexity index is 789. The summed E-state index contributed by atoms with van der Waals surface area (Å²) >= 11 is 0. The fourth-order valence-electron chi connectivity index (χ4n) is 3.19. The van der Waals surface area contributed by atoms with Crippen LogP contribution >= 0.6 is 0 Å². The molecule has 0 saturated carbocycles. The van der Waals surface area contributed by atoms with Gasteiger partial charge in [-0.05, 0) is 42.1 Å². The molecule has 2 aromatic rings. The molecule has 0 aliphatic carbocycles. The van der Waals surface area contributed by atoms with Gasteiger partial charge in [-0.15, -0.1) is 0 Å². The zero-order valence-electron chi connectivity index (χ0n) is 16.0. The Kier molecular flexibility index (Phi) is 7.53. The van der Waals surface area contributed by atoms with Gasteiger partial charge in [-0.1, -0.05) is 56.3 Å². The Morgan fingerprint density at radius 2 is 1.70 bits per heavy atom. The lowest BCUT2D eigenvalue weighted by molar-refractivity contribution is -0.127. The summed E-state index contributed by atoms with van der Waals surface area (Å²) in [6, 6.07) is 12.4. The minimum Gasteiger partial charge on any atom is -0.421 e. The van der Waals surface area contributed by atoms with Crippen molar-refractivity contribution >= 4 is 29.5 Å². The number of carbonyl (C=O) groups is 2. The summed E-state index contributed by atoms with van der Waals surface area (Å²) < 4.78 is 0. The fourth-order valence-corrected chi connectivity index (χ4v) is 3.19. The summed E-state index contributed by atoms with van der Waals surface area (Å²) in [5, 5.41) is 26.3. The summed E-state index contributed by atoms with van der Waals surface area (Å²) in [6.07, 6.45) is 0.793. The van der Waals surface area contributed by atoms with Gasteiger partial charge in [-0.25, -0.2) is 0 Å². The maximum atomic E-state index is 12.7. The van der Waals surface area contributed by atoms with Crippen molar-refractivity contribution in [2.75, 3.05) is 7.05 Å². The molecule has 27 heavy (non-hydrogen) atoms. The predicted molar refractivity (Wildman–Crippen MR) is 107 cm³/mol.